The first-order valence-corrected chi connectivity index (χ1v) is 13.6. The van der Waals surface area contributed by atoms with E-state index in [0.717, 1.165) is 29.0 Å². The number of allylic oxidation sites excluding steroid dienone is 1. The van der Waals surface area contributed by atoms with Crippen molar-refractivity contribution in [2.24, 2.45) is 4.99 Å². The van der Waals surface area contributed by atoms with Crippen molar-refractivity contribution in [3.63, 3.8) is 0 Å². The molecule has 1 aromatic heterocycles. The lowest BCUT2D eigenvalue weighted by atomic mass is 9.93. The van der Waals surface area contributed by atoms with Gasteiger partial charge in [-0.3, -0.25) is 9.79 Å². The molecule has 190 valence electrons. The summed E-state index contributed by atoms with van der Waals surface area (Å²) < 4.78 is 5.42. The van der Waals surface area contributed by atoms with Crippen LogP contribution < -0.4 is 4.90 Å². The third-order valence-electron chi connectivity index (χ3n) is 7.83. The molecule has 0 saturated carbocycles. The highest BCUT2D eigenvalue weighted by molar-refractivity contribution is 6.06. The molecule has 0 N–H and O–H groups in total. The standard InChI is InChI=1S/C32H35N3O2/c1-32(2,3)31-19-24(34-37-31)18-26(36)15-21-7-9-22(10-8-21)29-20-28-27-12-11-25(35-13-5-4-6-14-35)16-23(27)17-30(28)33-29/h7-12,16,19-20,28H,4-6,13-15,17-18H2,1-3H3. The molecule has 0 amide bonds. The van der Waals surface area contributed by atoms with E-state index in [1.165, 1.54) is 54.9 Å². The number of benzene rings is 2. The third kappa shape index (κ3) is 4.92. The van der Waals surface area contributed by atoms with Crippen LogP contribution in [0, 0.1) is 0 Å². The van der Waals surface area contributed by atoms with Gasteiger partial charge in [-0.15, -0.1) is 0 Å². The van der Waals surface area contributed by atoms with Crippen molar-refractivity contribution in [1.29, 1.82) is 0 Å². The molecule has 1 saturated heterocycles. The summed E-state index contributed by atoms with van der Waals surface area (Å²) >= 11 is 0. The topological polar surface area (TPSA) is 58.7 Å². The largest absolute Gasteiger partial charge is 0.372 e. The average Bonchev–Trinajstić information content (AvgIpc) is 3.59. The number of hydrogen-bond acceptors (Lipinski definition) is 5. The Kier molecular flexibility index (Phi) is 6.10. The lowest BCUT2D eigenvalue weighted by molar-refractivity contribution is -0.117. The minimum atomic E-state index is -0.112. The van der Waals surface area contributed by atoms with Crippen LogP contribution in [0.15, 0.2) is 64.1 Å². The number of ketones is 1. The molecule has 0 spiro atoms. The molecule has 0 bridgehead atoms. The van der Waals surface area contributed by atoms with Gasteiger partial charge < -0.3 is 9.42 Å². The first-order chi connectivity index (χ1) is 17.8. The quantitative estimate of drug-likeness (QED) is 0.396. The van der Waals surface area contributed by atoms with Gasteiger partial charge in [-0.1, -0.05) is 56.3 Å². The second-order valence-electron chi connectivity index (χ2n) is 11.8. The molecule has 3 aromatic rings. The van der Waals surface area contributed by atoms with Crippen molar-refractivity contribution in [3.8, 4) is 0 Å². The van der Waals surface area contributed by atoms with Crippen molar-refractivity contribution in [2.75, 3.05) is 18.0 Å². The number of piperidine rings is 1. The van der Waals surface area contributed by atoms with Gasteiger partial charge in [-0.25, -0.2) is 0 Å². The minimum absolute atomic E-state index is 0.112. The molecule has 2 aromatic carbocycles. The fourth-order valence-corrected chi connectivity index (χ4v) is 5.72. The predicted molar refractivity (Wildman–Crippen MR) is 148 cm³/mol. The Bertz CT molecular complexity index is 1380. The van der Waals surface area contributed by atoms with Crippen LogP contribution in [-0.2, 0) is 29.5 Å². The van der Waals surface area contributed by atoms with Crippen molar-refractivity contribution in [3.05, 3.63) is 88.3 Å². The summed E-state index contributed by atoms with van der Waals surface area (Å²) in [5.41, 5.74) is 9.20. The summed E-state index contributed by atoms with van der Waals surface area (Å²) in [5, 5.41) is 4.08. The molecule has 6 rings (SSSR count). The maximum atomic E-state index is 12.6. The first-order valence-electron chi connectivity index (χ1n) is 13.6. The molecule has 3 aliphatic rings. The fourth-order valence-electron chi connectivity index (χ4n) is 5.72. The highest BCUT2D eigenvalue weighted by Crippen LogP contribution is 2.41. The van der Waals surface area contributed by atoms with E-state index in [1.807, 2.05) is 18.2 Å². The Hall–Kier alpha value is -3.47. The maximum absolute atomic E-state index is 12.6. The van der Waals surface area contributed by atoms with Crippen LogP contribution in [0.4, 0.5) is 5.69 Å². The van der Waals surface area contributed by atoms with E-state index in [4.69, 9.17) is 9.52 Å². The van der Waals surface area contributed by atoms with Gasteiger partial charge in [-0.05, 0) is 59.7 Å². The van der Waals surface area contributed by atoms with Gasteiger partial charge in [0.2, 0.25) is 0 Å². The van der Waals surface area contributed by atoms with E-state index in [-0.39, 0.29) is 11.2 Å². The number of rotatable bonds is 6. The SMILES string of the molecule is CC(C)(C)c1cc(CC(=O)Cc2ccc(C3=CC4C(=N3)Cc3cc(N5CCCCC5)ccc34)cc2)no1. The number of anilines is 1. The normalized spacial score (nSPS) is 18.9. The van der Waals surface area contributed by atoms with Crippen LogP contribution in [0.25, 0.3) is 5.70 Å². The molecule has 1 unspecified atom stereocenters. The Balaban J connectivity index is 1.10. The number of carbonyl (C=O) groups is 1. The van der Waals surface area contributed by atoms with E-state index < -0.39 is 0 Å². The zero-order chi connectivity index (χ0) is 25.6. The number of aliphatic imine (C=N–C) groups is 1. The van der Waals surface area contributed by atoms with E-state index >= 15 is 0 Å². The van der Waals surface area contributed by atoms with Crippen LogP contribution in [0.1, 0.15) is 79.7 Å². The molecule has 0 radical (unpaired) electrons. The lowest BCUT2D eigenvalue weighted by Gasteiger charge is -2.29. The van der Waals surface area contributed by atoms with Crippen LogP contribution in [0.2, 0.25) is 0 Å². The summed E-state index contributed by atoms with van der Waals surface area (Å²) in [6.45, 7) is 8.57. The first kappa shape index (κ1) is 23.9. The molecule has 5 heteroatoms. The average molecular weight is 494 g/mol. The number of Topliss-reactive ketones (excluding diaryl/α,β-unsaturated/α-hetero) is 1. The molecular weight excluding hydrogens is 458 g/mol. The monoisotopic (exact) mass is 493 g/mol. The Morgan fingerprint density at radius 3 is 2.51 bits per heavy atom. The van der Waals surface area contributed by atoms with Gasteiger partial charge in [0.05, 0.1) is 17.8 Å². The number of aromatic nitrogens is 1. The molecule has 2 aliphatic heterocycles. The van der Waals surface area contributed by atoms with Gasteiger partial charge in [0.25, 0.3) is 0 Å². The zero-order valence-electron chi connectivity index (χ0n) is 22.1. The molecule has 1 fully saturated rings. The van der Waals surface area contributed by atoms with E-state index in [2.05, 4.69) is 67.2 Å². The summed E-state index contributed by atoms with van der Waals surface area (Å²) in [4.78, 5) is 20.2. The number of nitrogens with zero attached hydrogens (tertiary/aromatic N) is 3. The Labute approximate surface area is 219 Å². The molecule has 5 nitrogen and oxygen atoms in total. The van der Waals surface area contributed by atoms with Gasteiger partial charge in [0, 0.05) is 54.7 Å². The fraction of sp³-hybridized carbons (Fsp3) is 0.406. The number of carbonyl (C=O) groups excluding carboxylic acids is 1. The number of hydrogen-bond donors (Lipinski definition) is 0. The summed E-state index contributed by atoms with van der Waals surface area (Å²) in [5.74, 6) is 1.24. The van der Waals surface area contributed by atoms with E-state index in [0.29, 0.717) is 24.5 Å². The summed E-state index contributed by atoms with van der Waals surface area (Å²) in [7, 11) is 0. The molecule has 1 atom stereocenters. The van der Waals surface area contributed by atoms with E-state index in [9.17, 15) is 4.79 Å². The smallest absolute Gasteiger partial charge is 0.143 e. The second kappa shape index (κ2) is 9.44. The lowest BCUT2D eigenvalue weighted by Crippen LogP contribution is -2.29. The summed E-state index contributed by atoms with van der Waals surface area (Å²) in [6.07, 6.45) is 7.87. The van der Waals surface area contributed by atoms with Crippen LogP contribution in [0.5, 0.6) is 0 Å². The van der Waals surface area contributed by atoms with Gasteiger partial charge >= 0.3 is 0 Å². The molecule has 1 aliphatic carbocycles. The van der Waals surface area contributed by atoms with Crippen molar-refractivity contribution in [2.45, 2.75) is 70.6 Å². The van der Waals surface area contributed by atoms with Crippen LogP contribution in [-0.4, -0.2) is 29.7 Å². The Morgan fingerprint density at radius 2 is 1.78 bits per heavy atom. The third-order valence-corrected chi connectivity index (χ3v) is 7.83. The van der Waals surface area contributed by atoms with Crippen molar-refractivity contribution >= 4 is 22.9 Å². The van der Waals surface area contributed by atoms with E-state index in [1.54, 1.807) is 0 Å². The highest BCUT2D eigenvalue weighted by atomic mass is 16.5. The van der Waals surface area contributed by atoms with Gasteiger partial charge in [-0.2, -0.15) is 0 Å². The zero-order valence-corrected chi connectivity index (χ0v) is 22.1. The highest BCUT2D eigenvalue weighted by Gasteiger charge is 2.32. The summed E-state index contributed by atoms with van der Waals surface area (Å²) in [6, 6.07) is 17.2. The predicted octanol–water partition coefficient (Wildman–Crippen LogP) is 6.45. The molecular formula is C32H35N3O2. The van der Waals surface area contributed by atoms with Crippen molar-refractivity contribution < 1.29 is 9.32 Å². The van der Waals surface area contributed by atoms with Gasteiger partial charge in [0.1, 0.15) is 11.5 Å². The molecule has 37 heavy (non-hydrogen) atoms. The van der Waals surface area contributed by atoms with Gasteiger partial charge in [0.15, 0.2) is 0 Å². The number of fused-ring (bicyclic) bond motifs is 3. The molecule has 3 heterocycles. The Morgan fingerprint density at radius 1 is 1.00 bits per heavy atom. The van der Waals surface area contributed by atoms with Crippen LogP contribution in [0.3, 0.4) is 0 Å². The van der Waals surface area contributed by atoms with Crippen molar-refractivity contribution in [1.82, 2.24) is 5.16 Å². The minimum Gasteiger partial charge on any atom is -0.372 e. The van der Waals surface area contributed by atoms with Crippen LogP contribution >= 0.6 is 0 Å². The maximum Gasteiger partial charge on any atom is 0.143 e. The second-order valence-corrected chi connectivity index (χ2v) is 11.8.